The topological polar surface area (TPSA) is 57.5 Å². The van der Waals surface area contributed by atoms with Crippen molar-refractivity contribution in [3.05, 3.63) is 0 Å². The van der Waals surface area contributed by atoms with Gasteiger partial charge in [0, 0.05) is 0 Å². The molecule has 102 valence electrons. The largest absolute Gasteiger partial charge is 0.481 e. The molecule has 0 aromatic heterocycles. The highest BCUT2D eigenvalue weighted by Crippen LogP contribution is 2.71. The van der Waals surface area contributed by atoms with Crippen LogP contribution in [0.5, 0.6) is 0 Å². The van der Waals surface area contributed by atoms with Gasteiger partial charge in [-0.15, -0.1) is 0 Å². The van der Waals surface area contributed by atoms with Gasteiger partial charge in [-0.1, -0.05) is 13.3 Å². The Morgan fingerprint density at radius 1 is 1.17 bits per heavy atom. The number of rotatable bonds is 1. The maximum atomic E-state index is 11.6. The van der Waals surface area contributed by atoms with Crippen LogP contribution in [-0.4, -0.2) is 21.8 Å². The first kappa shape index (κ1) is 12.5. The first-order chi connectivity index (χ1) is 8.30. The lowest BCUT2D eigenvalue weighted by Crippen LogP contribution is -2.39. The van der Waals surface area contributed by atoms with E-state index >= 15 is 0 Å². The van der Waals surface area contributed by atoms with E-state index in [2.05, 4.69) is 6.92 Å². The Balaban J connectivity index is 1.96. The Kier molecular flexibility index (Phi) is 2.42. The molecule has 0 heterocycles. The van der Waals surface area contributed by atoms with Crippen LogP contribution in [0.3, 0.4) is 0 Å². The highest BCUT2D eigenvalue weighted by atomic mass is 16.4. The predicted octanol–water partition coefficient (Wildman–Crippen LogP) is 2.53. The SMILES string of the molecule is C[C@@H]1CC[C@@H]2[C@@H]1[C@H]1[C@@H](CC[C@@]2(C)O)[C@]1(C)C(=O)O. The van der Waals surface area contributed by atoms with Gasteiger partial charge in [0.15, 0.2) is 0 Å². The fraction of sp³-hybridized carbons (Fsp3) is 0.933. The van der Waals surface area contributed by atoms with Gasteiger partial charge in [0.2, 0.25) is 0 Å². The molecule has 3 fully saturated rings. The number of carboxylic acids is 1. The Labute approximate surface area is 109 Å². The summed E-state index contributed by atoms with van der Waals surface area (Å²) in [6.07, 6.45) is 3.85. The maximum Gasteiger partial charge on any atom is 0.309 e. The van der Waals surface area contributed by atoms with Crippen LogP contribution in [0.2, 0.25) is 0 Å². The summed E-state index contributed by atoms with van der Waals surface area (Å²) in [5.74, 6) is 1.24. The molecule has 0 radical (unpaired) electrons. The van der Waals surface area contributed by atoms with Crippen molar-refractivity contribution in [3.8, 4) is 0 Å². The Hall–Kier alpha value is -0.570. The quantitative estimate of drug-likeness (QED) is 0.754. The molecular formula is C15H24O3. The van der Waals surface area contributed by atoms with E-state index in [4.69, 9.17) is 0 Å². The monoisotopic (exact) mass is 252 g/mol. The number of carboxylic acid groups (broad SMARTS) is 1. The molecule has 3 aliphatic rings. The zero-order chi connectivity index (χ0) is 13.3. The van der Waals surface area contributed by atoms with Crippen molar-refractivity contribution < 1.29 is 15.0 Å². The summed E-state index contributed by atoms with van der Waals surface area (Å²) in [5, 5.41) is 20.2. The molecule has 0 saturated heterocycles. The summed E-state index contributed by atoms with van der Waals surface area (Å²) < 4.78 is 0. The van der Waals surface area contributed by atoms with Crippen molar-refractivity contribution in [1.29, 1.82) is 0 Å². The van der Waals surface area contributed by atoms with Gasteiger partial charge in [-0.3, -0.25) is 4.79 Å². The summed E-state index contributed by atoms with van der Waals surface area (Å²) in [6.45, 7) is 6.13. The van der Waals surface area contributed by atoms with Crippen molar-refractivity contribution in [1.82, 2.24) is 0 Å². The van der Waals surface area contributed by atoms with E-state index in [0.29, 0.717) is 23.7 Å². The zero-order valence-corrected chi connectivity index (χ0v) is 11.5. The van der Waals surface area contributed by atoms with E-state index in [1.54, 1.807) is 0 Å². The molecule has 0 amide bonds. The second-order valence-corrected chi connectivity index (χ2v) is 7.35. The molecule has 0 aromatic carbocycles. The fourth-order valence-corrected chi connectivity index (χ4v) is 5.27. The average molecular weight is 252 g/mol. The molecule has 0 aliphatic heterocycles. The number of aliphatic carboxylic acids is 1. The number of hydrogen-bond acceptors (Lipinski definition) is 2. The number of aliphatic hydroxyl groups is 1. The molecule has 18 heavy (non-hydrogen) atoms. The van der Waals surface area contributed by atoms with E-state index in [1.807, 2.05) is 13.8 Å². The van der Waals surface area contributed by atoms with E-state index < -0.39 is 17.0 Å². The highest BCUT2D eigenvalue weighted by Gasteiger charge is 2.72. The lowest BCUT2D eigenvalue weighted by Gasteiger charge is -2.35. The summed E-state index contributed by atoms with van der Waals surface area (Å²) in [7, 11) is 0. The highest BCUT2D eigenvalue weighted by molar-refractivity contribution is 5.79. The van der Waals surface area contributed by atoms with Crippen molar-refractivity contribution in [2.75, 3.05) is 0 Å². The first-order valence-electron chi connectivity index (χ1n) is 7.26. The van der Waals surface area contributed by atoms with Gasteiger partial charge in [-0.05, 0) is 62.7 Å². The van der Waals surface area contributed by atoms with E-state index in [-0.39, 0.29) is 5.92 Å². The molecule has 3 saturated carbocycles. The minimum atomic E-state index is -0.628. The standard InChI is InChI=1S/C15H24O3/c1-8-4-5-9-11(8)12-10(6-7-14(9,2)18)15(12,3)13(16)17/h8-12,18H,4-7H2,1-3H3,(H,16,17)/t8-,9-,10-,11-,12-,14-,15+/m1/s1. The second kappa shape index (κ2) is 3.50. The van der Waals surface area contributed by atoms with Gasteiger partial charge in [0.05, 0.1) is 11.0 Å². The molecule has 7 atom stereocenters. The van der Waals surface area contributed by atoms with Gasteiger partial charge in [0.25, 0.3) is 0 Å². The van der Waals surface area contributed by atoms with Gasteiger partial charge in [-0.2, -0.15) is 0 Å². The molecule has 3 heteroatoms. The van der Waals surface area contributed by atoms with Crippen molar-refractivity contribution in [2.24, 2.45) is 35.0 Å². The minimum Gasteiger partial charge on any atom is -0.481 e. The zero-order valence-electron chi connectivity index (χ0n) is 11.5. The molecule has 2 N–H and O–H groups in total. The number of hydrogen-bond donors (Lipinski definition) is 2. The van der Waals surface area contributed by atoms with Crippen LogP contribution in [-0.2, 0) is 4.79 Å². The van der Waals surface area contributed by atoms with Crippen LogP contribution in [0.25, 0.3) is 0 Å². The van der Waals surface area contributed by atoms with Crippen molar-refractivity contribution >= 4 is 5.97 Å². The number of fused-ring (bicyclic) bond motifs is 3. The normalized spacial score (nSPS) is 58.6. The van der Waals surface area contributed by atoms with Crippen LogP contribution in [0.1, 0.15) is 46.5 Å². The van der Waals surface area contributed by atoms with E-state index in [1.165, 1.54) is 0 Å². The maximum absolute atomic E-state index is 11.6. The van der Waals surface area contributed by atoms with Crippen LogP contribution in [0.4, 0.5) is 0 Å². The third-order valence-electron chi connectivity index (χ3n) is 6.48. The van der Waals surface area contributed by atoms with E-state index in [0.717, 1.165) is 25.7 Å². The molecule has 3 aliphatic carbocycles. The first-order valence-corrected chi connectivity index (χ1v) is 7.26. The summed E-state index contributed by atoms with van der Waals surface area (Å²) in [4.78, 5) is 11.6. The molecule has 0 spiro atoms. The third-order valence-corrected chi connectivity index (χ3v) is 6.48. The fourth-order valence-electron chi connectivity index (χ4n) is 5.27. The molecule has 0 bridgehead atoms. The number of carbonyl (C=O) groups is 1. The van der Waals surface area contributed by atoms with E-state index in [9.17, 15) is 15.0 Å². The van der Waals surface area contributed by atoms with Crippen LogP contribution < -0.4 is 0 Å². The van der Waals surface area contributed by atoms with Crippen LogP contribution in [0.15, 0.2) is 0 Å². The average Bonchev–Trinajstić information content (AvgIpc) is 2.72. The third kappa shape index (κ3) is 1.37. The van der Waals surface area contributed by atoms with Gasteiger partial charge >= 0.3 is 5.97 Å². The van der Waals surface area contributed by atoms with Crippen molar-refractivity contribution in [2.45, 2.75) is 52.1 Å². The Morgan fingerprint density at radius 2 is 1.83 bits per heavy atom. The second-order valence-electron chi connectivity index (χ2n) is 7.35. The molecular weight excluding hydrogens is 228 g/mol. The van der Waals surface area contributed by atoms with Gasteiger partial charge < -0.3 is 10.2 Å². The van der Waals surface area contributed by atoms with Crippen LogP contribution in [0, 0.1) is 35.0 Å². The van der Waals surface area contributed by atoms with Gasteiger partial charge in [-0.25, -0.2) is 0 Å². The molecule has 0 aromatic rings. The lowest BCUT2D eigenvalue weighted by molar-refractivity contribution is -0.145. The molecule has 0 unspecified atom stereocenters. The molecule has 3 rings (SSSR count). The minimum absolute atomic E-state index is 0.289. The predicted molar refractivity (Wildman–Crippen MR) is 68.0 cm³/mol. The Bertz CT molecular complexity index is 389. The Morgan fingerprint density at radius 3 is 2.44 bits per heavy atom. The summed E-state index contributed by atoms with van der Waals surface area (Å²) >= 11 is 0. The molecule has 3 nitrogen and oxygen atoms in total. The van der Waals surface area contributed by atoms with Crippen molar-refractivity contribution in [3.63, 3.8) is 0 Å². The smallest absolute Gasteiger partial charge is 0.309 e. The summed E-state index contributed by atoms with van der Waals surface area (Å²) in [5.41, 5.74) is -1.10. The lowest BCUT2D eigenvalue weighted by atomic mass is 9.74. The van der Waals surface area contributed by atoms with Crippen LogP contribution >= 0.6 is 0 Å². The summed E-state index contributed by atoms with van der Waals surface area (Å²) in [6, 6.07) is 0. The van der Waals surface area contributed by atoms with Gasteiger partial charge in [0.1, 0.15) is 0 Å².